The summed E-state index contributed by atoms with van der Waals surface area (Å²) in [6.45, 7) is 0. The van der Waals surface area contributed by atoms with E-state index < -0.39 is 36.1 Å². The standard InChI is InChI=1S/C25H19ClF6N2O2/c1-36-21-12-5-2-9-17(21)15-7-6-8-16(13-15)20-14-22(23(35,24(27,28)29)25(30,31)32)33-34(20)19-11-4-3-10-18(19)26/h2-13,20,35H,14H2,1H3. The smallest absolute Gasteiger partial charge is 0.431 e. The molecule has 1 aliphatic rings. The maximum Gasteiger partial charge on any atom is 0.431 e. The molecule has 1 heterocycles. The number of benzene rings is 3. The molecule has 1 aliphatic heterocycles. The Morgan fingerprint density at radius 2 is 1.56 bits per heavy atom. The molecule has 0 amide bonds. The van der Waals surface area contributed by atoms with Crippen molar-refractivity contribution in [2.45, 2.75) is 30.4 Å². The lowest BCUT2D eigenvalue weighted by Crippen LogP contribution is -2.62. The van der Waals surface area contributed by atoms with Crippen LogP contribution in [-0.4, -0.2) is 35.9 Å². The van der Waals surface area contributed by atoms with Gasteiger partial charge in [0.15, 0.2) is 0 Å². The summed E-state index contributed by atoms with van der Waals surface area (Å²) in [4.78, 5) is 0. The number of anilines is 1. The molecule has 1 N–H and O–H groups in total. The van der Waals surface area contributed by atoms with Gasteiger partial charge < -0.3 is 9.84 Å². The Balaban J connectivity index is 1.86. The van der Waals surface area contributed by atoms with Gasteiger partial charge in [-0.15, -0.1) is 0 Å². The molecule has 3 aromatic carbocycles. The molecule has 4 rings (SSSR count). The van der Waals surface area contributed by atoms with Crippen molar-refractivity contribution in [2.75, 3.05) is 12.1 Å². The number of rotatable bonds is 5. The van der Waals surface area contributed by atoms with Gasteiger partial charge in [-0.1, -0.05) is 60.1 Å². The van der Waals surface area contributed by atoms with Crippen LogP contribution in [0.1, 0.15) is 18.0 Å². The highest BCUT2D eigenvalue weighted by Gasteiger charge is 2.74. The zero-order valence-corrected chi connectivity index (χ0v) is 19.4. The molecule has 11 heteroatoms. The van der Waals surface area contributed by atoms with Crippen molar-refractivity contribution in [3.63, 3.8) is 0 Å². The Labute approximate surface area is 207 Å². The first kappa shape index (κ1) is 25.8. The van der Waals surface area contributed by atoms with E-state index in [0.29, 0.717) is 22.4 Å². The molecular formula is C25H19ClF6N2O2. The number of hydrogen-bond donors (Lipinski definition) is 1. The summed E-state index contributed by atoms with van der Waals surface area (Å²) in [5.74, 6) is 0.532. The first-order chi connectivity index (χ1) is 16.9. The van der Waals surface area contributed by atoms with Crippen LogP contribution in [0.3, 0.4) is 0 Å². The van der Waals surface area contributed by atoms with Gasteiger partial charge in [-0.25, -0.2) is 0 Å². The van der Waals surface area contributed by atoms with E-state index >= 15 is 0 Å². The van der Waals surface area contributed by atoms with E-state index in [1.54, 1.807) is 54.6 Å². The van der Waals surface area contributed by atoms with E-state index in [0.717, 1.165) is 5.01 Å². The van der Waals surface area contributed by atoms with Crippen molar-refractivity contribution in [3.8, 4) is 16.9 Å². The largest absolute Gasteiger partial charge is 0.496 e. The third-order valence-electron chi connectivity index (χ3n) is 5.94. The second kappa shape index (κ2) is 9.33. The first-order valence-electron chi connectivity index (χ1n) is 10.6. The average molecular weight is 529 g/mol. The van der Waals surface area contributed by atoms with Gasteiger partial charge in [-0.05, 0) is 35.4 Å². The Morgan fingerprint density at radius 1 is 0.917 bits per heavy atom. The number of ether oxygens (including phenoxy) is 1. The highest BCUT2D eigenvalue weighted by Crippen LogP contribution is 2.49. The fourth-order valence-corrected chi connectivity index (χ4v) is 4.36. The maximum absolute atomic E-state index is 13.7. The molecule has 0 fully saturated rings. The van der Waals surface area contributed by atoms with Crippen LogP contribution >= 0.6 is 11.6 Å². The first-order valence-corrected chi connectivity index (χ1v) is 11.0. The summed E-state index contributed by atoms with van der Waals surface area (Å²) in [5.41, 5.74) is -4.85. The van der Waals surface area contributed by atoms with E-state index in [-0.39, 0.29) is 10.7 Å². The SMILES string of the molecule is COc1ccccc1-c1cccc(C2CC(C(O)(C(F)(F)F)C(F)(F)F)=NN2c2ccccc2Cl)c1. The molecular weight excluding hydrogens is 510 g/mol. The Kier molecular flexibility index (Phi) is 6.70. The van der Waals surface area contributed by atoms with Crippen molar-refractivity contribution >= 4 is 23.0 Å². The van der Waals surface area contributed by atoms with E-state index in [2.05, 4.69) is 5.10 Å². The molecule has 3 aromatic rings. The number of aliphatic hydroxyl groups is 1. The fourth-order valence-electron chi connectivity index (χ4n) is 4.13. The van der Waals surface area contributed by atoms with Crippen molar-refractivity contribution in [1.29, 1.82) is 0 Å². The molecule has 0 bridgehead atoms. The van der Waals surface area contributed by atoms with Crippen LogP contribution in [0.2, 0.25) is 5.02 Å². The predicted molar refractivity (Wildman–Crippen MR) is 124 cm³/mol. The molecule has 4 nitrogen and oxygen atoms in total. The van der Waals surface area contributed by atoms with Gasteiger partial charge in [0, 0.05) is 12.0 Å². The fraction of sp³-hybridized carbons (Fsp3) is 0.240. The number of halogens is 7. The summed E-state index contributed by atoms with van der Waals surface area (Å²) >= 11 is 6.23. The van der Waals surface area contributed by atoms with Gasteiger partial charge in [-0.3, -0.25) is 5.01 Å². The number of methoxy groups -OCH3 is 1. The minimum Gasteiger partial charge on any atom is -0.496 e. The molecule has 0 spiro atoms. The van der Waals surface area contributed by atoms with Crippen molar-refractivity contribution in [1.82, 2.24) is 0 Å². The van der Waals surface area contributed by atoms with Crippen molar-refractivity contribution in [3.05, 3.63) is 83.4 Å². The number of hydrazone groups is 1. The summed E-state index contributed by atoms with van der Waals surface area (Å²) < 4.78 is 87.3. The van der Waals surface area contributed by atoms with Gasteiger partial charge in [0.05, 0.1) is 29.6 Å². The number of para-hydroxylation sites is 2. The second-order valence-corrected chi connectivity index (χ2v) is 8.50. The second-order valence-electron chi connectivity index (χ2n) is 8.09. The number of nitrogens with zero attached hydrogens (tertiary/aromatic N) is 2. The monoisotopic (exact) mass is 528 g/mol. The highest BCUT2D eigenvalue weighted by molar-refractivity contribution is 6.33. The molecule has 0 aliphatic carbocycles. The topological polar surface area (TPSA) is 45.1 Å². The van der Waals surface area contributed by atoms with E-state index in [1.807, 2.05) is 0 Å². The van der Waals surface area contributed by atoms with Crippen LogP contribution in [-0.2, 0) is 0 Å². The van der Waals surface area contributed by atoms with Crippen molar-refractivity contribution in [2.24, 2.45) is 5.10 Å². The minimum absolute atomic E-state index is 0.0657. The summed E-state index contributed by atoms with van der Waals surface area (Å²) in [7, 11) is 1.48. The van der Waals surface area contributed by atoms with E-state index in [4.69, 9.17) is 16.3 Å². The van der Waals surface area contributed by atoms with Crippen LogP contribution in [0.5, 0.6) is 5.75 Å². The Hall–Kier alpha value is -3.24. The van der Waals surface area contributed by atoms with Gasteiger partial charge in [0.1, 0.15) is 5.75 Å². The molecule has 0 radical (unpaired) electrons. The van der Waals surface area contributed by atoms with Gasteiger partial charge >= 0.3 is 12.4 Å². The molecule has 1 unspecified atom stereocenters. The number of alkyl halides is 6. The van der Waals surface area contributed by atoms with E-state index in [1.165, 1.54) is 25.3 Å². The van der Waals surface area contributed by atoms with Crippen LogP contribution in [0.15, 0.2) is 77.9 Å². The molecule has 0 saturated heterocycles. The van der Waals surface area contributed by atoms with Crippen LogP contribution in [0.4, 0.5) is 32.0 Å². The lowest BCUT2D eigenvalue weighted by Gasteiger charge is -2.32. The molecule has 0 aromatic heterocycles. The average Bonchev–Trinajstić information content (AvgIpc) is 3.28. The summed E-state index contributed by atoms with van der Waals surface area (Å²) in [5, 5.41) is 14.7. The predicted octanol–water partition coefficient (Wildman–Crippen LogP) is 7.18. The normalized spacial score (nSPS) is 16.8. The zero-order chi connectivity index (χ0) is 26.3. The Bertz CT molecular complexity index is 1280. The third-order valence-corrected chi connectivity index (χ3v) is 6.26. The van der Waals surface area contributed by atoms with Crippen molar-refractivity contribution < 1.29 is 36.2 Å². The van der Waals surface area contributed by atoms with Crippen LogP contribution in [0.25, 0.3) is 11.1 Å². The van der Waals surface area contributed by atoms with Gasteiger partial charge in [-0.2, -0.15) is 31.4 Å². The molecule has 1 atom stereocenters. The highest BCUT2D eigenvalue weighted by atomic mass is 35.5. The lowest BCUT2D eigenvalue weighted by atomic mass is 9.89. The molecule has 190 valence electrons. The van der Waals surface area contributed by atoms with Gasteiger partial charge in [0.25, 0.3) is 5.60 Å². The minimum atomic E-state index is -6.05. The lowest BCUT2D eigenvalue weighted by molar-refractivity contribution is -0.338. The summed E-state index contributed by atoms with van der Waals surface area (Å²) in [6.07, 6.45) is -13.0. The quantitative estimate of drug-likeness (QED) is 0.357. The molecule has 0 saturated carbocycles. The Morgan fingerprint density at radius 3 is 2.19 bits per heavy atom. The maximum atomic E-state index is 13.7. The molecule has 36 heavy (non-hydrogen) atoms. The van der Waals surface area contributed by atoms with Gasteiger partial charge in [0.2, 0.25) is 0 Å². The van der Waals surface area contributed by atoms with Crippen LogP contribution in [0, 0.1) is 0 Å². The number of hydrogen-bond acceptors (Lipinski definition) is 4. The third kappa shape index (κ3) is 4.39. The van der Waals surface area contributed by atoms with E-state index in [9.17, 15) is 31.4 Å². The van der Waals surface area contributed by atoms with Crippen LogP contribution < -0.4 is 9.75 Å². The zero-order valence-electron chi connectivity index (χ0n) is 18.6. The summed E-state index contributed by atoms with van der Waals surface area (Å²) in [6, 6.07) is 18.4.